The Kier molecular flexibility index (Phi) is 4.93. The number of thiocyanates is 1. The van der Waals surface area contributed by atoms with Crippen LogP contribution >= 0.6 is 23.4 Å². The molecule has 0 heterocycles. The Bertz CT molecular complexity index is 125. The topological polar surface area (TPSA) is 23.8 Å². The largest absolute Gasteiger partial charge is 0.185 e. The van der Waals surface area contributed by atoms with Gasteiger partial charge in [-0.3, -0.25) is 0 Å². The third kappa shape index (κ3) is 4.04. The highest BCUT2D eigenvalue weighted by Crippen LogP contribution is 2.05. The fraction of sp³-hybridized carbons (Fsp3) is 0.400. The zero-order valence-electron chi connectivity index (χ0n) is 4.52. The van der Waals surface area contributed by atoms with Crippen molar-refractivity contribution in [2.24, 2.45) is 0 Å². The van der Waals surface area contributed by atoms with Gasteiger partial charge in [0.2, 0.25) is 0 Å². The smallest absolute Gasteiger partial charge is 0.133 e. The minimum atomic E-state index is 0.708. The molecule has 0 atom stereocenters. The van der Waals surface area contributed by atoms with Gasteiger partial charge < -0.3 is 0 Å². The van der Waals surface area contributed by atoms with Crippen molar-refractivity contribution in [3.05, 3.63) is 11.1 Å². The Morgan fingerprint density at radius 3 is 3.00 bits per heavy atom. The first-order chi connectivity index (χ1) is 3.81. The molecule has 0 aromatic rings. The summed E-state index contributed by atoms with van der Waals surface area (Å²) in [6, 6.07) is 0. The molecular weight excluding hydrogens is 142 g/mol. The van der Waals surface area contributed by atoms with Crippen molar-refractivity contribution in [1.82, 2.24) is 0 Å². The summed E-state index contributed by atoms with van der Waals surface area (Å²) < 4.78 is 0. The monoisotopic (exact) mass is 147 g/mol. The Morgan fingerprint density at radius 1 is 2.00 bits per heavy atom. The molecule has 0 radical (unpaired) electrons. The van der Waals surface area contributed by atoms with Crippen molar-refractivity contribution in [1.29, 1.82) is 5.26 Å². The van der Waals surface area contributed by atoms with Crippen LogP contribution in [0.5, 0.6) is 0 Å². The predicted molar refractivity (Wildman–Crippen MR) is 37.7 cm³/mol. The van der Waals surface area contributed by atoms with Gasteiger partial charge in [-0.25, -0.2) is 0 Å². The summed E-state index contributed by atoms with van der Waals surface area (Å²) in [5.74, 6) is 0.708. The second-order valence-electron chi connectivity index (χ2n) is 1.34. The van der Waals surface area contributed by atoms with Gasteiger partial charge in [0, 0.05) is 11.3 Å². The lowest BCUT2D eigenvalue weighted by Gasteiger charge is -1.87. The Labute approximate surface area is 58.3 Å². The normalized spacial score (nSPS) is 10.9. The minimum absolute atomic E-state index is 0.708. The lowest BCUT2D eigenvalue weighted by Crippen LogP contribution is -1.74. The number of hydrogen-bond acceptors (Lipinski definition) is 2. The van der Waals surface area contributed by atoms with E-state index in [-0.39, 0.29) is 0 Å². The van der Waals surface area contributed by atoms with Crippen LogP contribution in [-0.2, 0) is 0 Å². The van der Waals surface area contributed by atoms with Gasteiger partial charge >= 0.3 is 0 Å². The molecule has 0 unspecified atom stereocenters. The van der Waals surface area contributed by atoms with E-state index in [1.807, 2.05) is 12.3 Å². The highest BCUT2D eigenvalue weighted by Gasteiger charge is 1.85. The molecule has 0 aromatic carbocycles. The van der Waals surface area contributed by atoms with E-state index in [4.69, 9.17) is 16.9 Å². The van der Waals surface area contributed by atoms with E-state index < -0.39 is 0 Å². The predicted octanol–water partition coefficient (Wildman–Crippen LogP) is 2.34. The van der Waals surface area contributed by atoms with Crippen LogP contribution in [0.2, 0.25) is 0 Å². The molecule has 0 N–H and O–H groups in total. The van der Waals surface area contributed by atoms with Crippen molar-refractivity contribution < 1.29 is 0 Å². The number of rotatable bonds is 2. The third-order valence-electron chi connectivity index (χ3n) is 0.551. The first kappa shape index (κ1) is 7.87. The second-order valence-corrected chi connectivity index (χ2v) is 2.31. The van der Waals surface area contributed by atoms with Crippen LogP contribution in [0.25, 0.3) is 0 Å². The molecule has 0 bridgehead atoms. The van der Waals surface area contributed by atoms with Crippen LogP contribution in [-0.4, -0.2) is 5.75 Å². The van der Waals surface area contributed by atoms with Crippen LogP contribution in [0.1, 0.15) is 6.92 Å². The van der Waals surface area contributed by atoms with Gasteiger partial charge in [0.05, 0.1) is 0 Å². The lowest BCUT2D eigenvalue weighted by molar-refractivity contribution is 1.43. The molecular formula is C5H6ClNS. The second kappa shape index (κ2) is 5.02. The molecule has 0 aromatic heterocycles. The van der Waals surface area contributed by atoms with Gasteiger partial charge in [0.1, 0.15) is 5.40 Å². The Morgan fingerprint density at radius 2 is 2.62 bits per heavy atom. The molecule has 8 heavy (non-hydrogen) atoms. The molecule has 3 heteroatoms. The summed E-state index contributed by atoms with van der Waals surface area (Å²) >= 11 is 6.50. The van der Waals surface area contributed by atoms with Crippen molar-refractivity contribution >= 4 is 23.4 Å². The molecule has 0 saturated carbocycles. The maximum absolute atomic E-state index is 8.05. The van der Waals surface area contributed by atoms with Gasteiger partial charge in [-0.1, -0.05) is 17.2 Å². The summed E-state index contributed by atoms with van der Waals surface area (Å²) in [6.07, 6.45) is 0. The van der Waals surface area contributed by atoms with Gasteiger partial charge in [-0.05, 0) is 18.7 Å². The van der Waals surface area contributed by atoms with E-state index in [2.05, 4.69) is 0 Å². The molecule has 0 saturated heterocycles. The molecule has 0 aliphatic heterocycles. The highest BCUT2D eigenvalue weighted by atomic mass is 35.5. The van der Waals surface area contributed by atoms with Gasteiger partial charge in [-0.15, -0.1) is 0 Å². The maximum Gasteiger partial charge on any atom is 0.133 e. The van der Waals surface area contributed by atoms with E-state index in [1.54, 1.807) is 0 Å². The number of halogens is 1. The molecule has 0 aliphatic carbocycles. The zero-order chi connectivity index (χ0) is 6.41. The lowest BCUT2D eigenvalue weighted by atomic mass is 10.4. The number of nitrogens with zero attached hydrogens (tertiary/aromatic N) is 1. The van der Waals surface area contributed by atoms with Crippen molar-refractivity contribution in [3.8, 4) is 5.40 Å². The van der Waals surface area contributed by atoms with Crippen molar-refractivity contribution in [3.63, 3.8) is 0 Å². The van der Waals surface area contributed by atoms with Crippen LogP contribution in [0.4, 0.5) is 0 Å². The maximum atomic E-state index is 8.05. The van der Waals surface area contributed by atoms with E-state index >= 15 is 0 Å². The number of thioether (sulfide) groups is 1. The highest BCUT2D eigenvalue weighted by molar-refractivity contribution is 8.03. The number of nitriles is 1. The fourth-order valence-electron chi connectivity index (χ4n) is 0.178. The molecule has 0 spiro atoms. The van der Waals surface area contributed by atoms with E-state index in [1.165, 1.54) is 17.3 Å². The summed E-state index contributed by atoms with van der Waals surface area (Å²) in [4.78, 5) is 0. The van der Waals surface area contributed by atoms with Crippen molar-refractivity contribution in [2.75, 3.05) is 5.75 Å². The molecule has 0 fully saturated rings. The van der Waals surface area contributed by atoms with Gasteiger partial charge in [0.25, 0.3) is 0 Å². The van der Waals surface area contributed by atoms with E-state index in [0.29, 0.717) is 5.75 Å². The summed E-state index contributed by atoms with van der Waals surface area (Å²) in [5.41, 5.74) is 2.52. The van der Waals surface area contributed by atoms with E-state index in [9.17, 15) is 0 Å². The number of hydrogen-bond donors (Lipinski definition) is 0. The molecule has 1 nitrogen and oxygen atoms in total. The molecule has 0 rings (SSSR count). The Hall–Kier alpha value is -0.130. The molecule has 0 aliphatic rings. The third-order valence-corrected chi connectivity index (χ3v) is 1.65. The summed E-state index contributed by atoms with van der Waals surface area (Å²) in [7, 11) is 0. The minimum Gasteiger partial charge on any atom is -0.185 e. The van der Waals surface area contributed by atoms with E-state index in [0.717, 1.165) is 5.57 Å². The average Bonchev–Trinajstić information content (AvgIpc) is 1.83. The standard InChI is InChI=1S/C5H6ClNS/c1-5(2-6)3-8-4-7/h2H,3H2,1H3. The van der Waals surface area contributed by atoms with Gasteiger partial charge in [-0.2, -0.15) is 5.26 Å². The first-order valence-corrected chi connectivity index (χ1v) is 3.50. The molecule has 0 amide bonds. The van der Waals surface area contributed by atoms with Crippen LogP contribution in [0.3, 0.4) is 0 Å². The summed E-state index contributed by atoms with van der Waals surface area (Å²) in [5, 5.41) is 10.0. The van der Waals surface area contributed by atoms with Crippen LogP contribution in [0, 0.1) is 10.7 Å². The first-order valence-electron chi connectivity index (χ1n) is 2.08. The zero-order valence-corrected chi connectivity index (χ0v) is 6.09. The van der Waals surface area contributed by atoms with Crippen LogP contribution < -0.4 is 0 Å². The van der Waals surface area contributed by atoms with Gasteiger partial charge in [0.15, 0.2) is 0 Å². The summed E-state index contributed by atoms with van der Waals surface area (Å²) in [6.45, 7) is 1.89. The van der Waals surface area contributed by atoms with Crippen molar-refractivity contribution in [2.45, 2.75) is 6.92 Å². The SMILES string of the molecule is CC(=CCl)CSC#N. The average molecular weight is 148 g/mol. The molecule has 44 valence electrons. The fourth-order valence-corrected chi connectivity index (χ4v) is 0.722. The Balaban J connectivity index is 3.29. The van der Waals surface area contributed by atoms with Crippen LogP contribution in [0.15, 0.2) is 11.1 Å². The quantitative estimate of drug-likeness (QED) is 0.560.